The molecule has 0 saturated carbocycles. The maximum Gasteiger partial charge on any atom is 0.425 e. The van der Waals surface area contributed by atoms with E-state index in [1.807, 2.05) is 13.8 Å². The van der Waals surface area contributed by atoms with Crippen LogP contribution in [0.3, 0.4) is 0 Å². The number of ether oxygens (including phenoxy) is 5. The van der Waals surface area contributed by atoms with Gasteiger partial charge in [-0.15, -0.1) is 6.42 Å². The van der Waals surface area contributed by atoms with E-state index in [1.165, 1.54) is 10.9 Å². The highest BCUT2D eigenvalue weighted by Gasteiger charge is 2.53. The number of aromatic nitrogens is 4. The maximum absolute atomic E-state index is 15.1. The Labute approximate surface area is 292 Å². The molecule has 2 aromatic heterocycles. The number of esters is 2. The number of hydrogen-bond acceptors (Lipinski definition) is 12. The highest BCUT2D eigenvalue weighted by Crippen LogP contribution is 2.41. The molecule has 3 atom stereocenters. The first-order chi connectivity index (χ1) is 24.2. The number of aryl methyl sites for hydroxylation is 2. The second kappa shape index (κ2) is 14.9. The normalized spacial score (nSPS) is 18.4. The van der Waals surface area contributed by atoms with E-state index in [4.69, 9.17) is 30.1 Å². The molecule has 266 valence electrons. The van der Waals surface area contributed by atoms with Crippen molar-refractivity contribution in [2.75, 3.05) is 11.5 Å². The molecular formula is C36H36FN5O9. The van der Waals surface area contributed by atoms with Crippen molar-refractivity contribution < 1.29 is 47.3 Å². The molecule has 2 aromatic carbocycles. The molecule has 0 aliphatic carbocycles. The van der Waals surface area contributed by atoms with Crippen molar-refractivity contribution in [1.82, 2.24) is 19.5 Å². The van der Waals surface area contributed by atoms with Crippen LogP contribution < -0.4 is 4.90 Å². The molecule has 51 heavy (non-hydrogen) atoms. The fourth-order valence-electron chi connectivity index (χ4n) is 5.18. The number of nitrogens with zero attached hydrogens (tertiary/aromatic N) is 5. The number of hydrogen-bond donors (Lipinski definition) is 0. The van der Waals surface area contributed by atoms with Crippen LogP contribution in [0.25, 0.3) is 11.2 Å². The molecule has 1 saturated heterocycles. The zero-order chi connectivity index (χ0) is 37.0. The Balaban J connectivity index is 1.53. The highest BCUT2D eigenvalue weighted by molar-refractivity contribution is 6.12. The van der Waals surface area contributed by atoms with Gasteiger partial charge in [0, 0.05) is 6.42 Å². The van der Waals surface area contributed by atoms with Gasteiger partial charge in [0.05, 0.1) is 29.7 Å². The van der Waals surface area contributed by atoms with E-state index in [0.29, 0.717) is 4.90 Å². The smallest absolute Gasteiger partial charge is 0.425 e. The highest BCUT2D eigenvalue weighted by atomic mass is 19.1. The van der Waals surface area contributed by atoms with E-state index >= 15 is 4.39 Å². The van der Waals surface area contributed by atoms with Gasteiger partial charge in [-0.25, -0.2) is 24.2 Å². The van der Waals surface area contributed by atoms with Crippen LogP contribution in [-0.4, -0.2) is 74.2 Å². The third-order valence-electron chi connectivity index (χ3n) is 7.70. The topological polar surface area (TPSA) is 161 Å². The summed E-state index contributed by atoms with van der Waals surface area (Å²) in [6, 6.07) is 13.3. The van der Waals surface area contributed by atoms with Crippen molar-refractivity contribution in [3.8, 4) is 12.3 Å². The summed E-state index contributed by atoms with van der Waals surface area (Å²) in [6.45, 7) is 9.44. The third kappa shape index (κ3) is 7.97. The van der Waals surface area contributed by atoms with Gasteiger partial charge in [-0.2, -0.15) is 19.3 Å². The van der Waals surface area contributed by atoms with Gasteiger partial charge in [0.25, 0.3) is 0 Å². The minimum atomic E-state index is -1.83. The molecule has 15 heteroatoms. The van der Waals surface area contributed by atoms with Crippen molar-refractivity contribution in [1.29, 1.82) is 0 Å². The van der Waals surface area contributed by atoms with Crippen LogP contribution in [-0.2, 0) is 23.7 Å². The molecule has 0 unspecified atom stereocenters. The summed E-state index contributed by atoms with van der Waals surface area (Å²) >= 11 is 0. The molecule has 3 heterocycles. The fraction of sp³-hybridized carbons (Fsp3) is 0.361. The van der Waals surface area contributed by atoms with Gasteiger partial charge >= 0.3 is 30.2 Å². The molecule has 2 amide bonds. The van der Waals surface area contributed by atoms with E-state index in [9.17, 15) is 19.2 Å². The Morgan fingerprint density at radius 1 is 0.941 bits per heavy atom. The molecular weight excluding hydrogens is 665 g/mol. The van der Waals surface area contributed by atoms with Gasteiger partial charge < -0.3 is 23.7 Å². The predicted molar refractivity (Wildman–Crippen MR) is 179 cm³/mol. The number of benzene rings is 2. The molecule has 4 aromatic rings. The summed E-state index contributed by atoms with van der Waals surface area (Å²) in [4.78, 5) is 64.8. The molecule has 14 nitrogen and oxygen atoms in total. The van der Waals surface area contributed by atoms with Gasteiger partial charge in [-0.05, 0) is 65.8 Å². The van der Waals surface area contributed by atoms with Crippen molar-refractivity contribution in [3.63, 3.8) is 0 Å². The first-order valence-electron chi connectivity index (χ1n) is 16.0. The molecule has 0 bridgehead atoms. The number of carbonyl (C=O) groups excluding carboxylic acids is 4. The van der Waals surface area contributed by atoms with E-state index in [2.05, 4.69) is 20.9 Å². The first kappa shape index (κ1) is 36.4. The van der Waals surface area contributed by atoms with Crippen molar-refractivity contribution in [3.05, 3.63) is 83.2 Å². The minimum Gasteiger partial charge on any atom is -0.458 e. The zero-order valence-corrected chi connectivity index (χ0v) is 28.8. The number of imide groups is 1. The van der Waals surface area contributed by atoms with E-state index in [-0.39, 0.29) is 28.7 Å². The lowest BCUT2D eigenvalue weighted by molar-refractivity contribution is -0.0967. The molecule has 0 spiro atoms. The largest absolute Gasteiger partial charge is 0.458 e. The predicted octanol–water partition coefficient (Wildman–Crippen LogP) is 5.85. The summed E-state index contributed by atoms with van der Waals surface area (Å²) in [7, 11) is 0. The standard InChI is InChI=1S/C36H36FN5O9/c1-8-36(18-47-31(43)24-13-9-22(6)10-14-24)26(50-32(44)25-15-11-23(7)12-16-25)17-27(51-36)41-19-38-28-29(41)39-33(37)40-30(28)42(34(45)48-20(2)3)35(46)49-21(4)5/h1,9-16,19-21,26-27H,17-18H2,2-7H3/t26-,27+,36+/m0/s1. The van der Waals surface area contributed by atoms with Crippen molar-refractivity contribution >= 4 is 41.1 Å². The second-order valence-corrected chi connectivity index (χ2v) is 12.4. The summed E-state index contributed by atoms with van der Waals surface area (Å²) in [6.07, 6.45) is -0.260. The minimum absolute atomic E-state index is 0.134. The fourth-order valence-corrected chi connectivity index (χ4v) is 5.18. The van der Waals surface area contributed by atoms with Crippen LogP contribution in [0.1, 0.15) is 72.2 Å². The lowest BCUT2D eigenvalue weighted by atomic mass is 9.98. The van der Waals surface area contributed by atoms with Gasteiger partial charge in [0.2, 0.25) is 5.60 Å². The first-order valence-corrected chi connectivity index (χ1v) is 16.0. The summed E-state index contributed by atoms with van der Waals surface area (Å²) in [5.41, 5.74) is 0.113. The van der Waals surface area contributed by atoms with Crippen LogP contribution >= 0.6 is 0 Å². The Morgan fingerprint density at radius 2 is 1.49 bits per heavy atom. The molecule has 0 N–H and O–H groups in total. The lowest BCUT2D eigenvalue weighted by Gasteiger charge is -2.28. The van der Waals surface area contributed by atoms with Crippen LogP contribution in [0, 0.1) is 32.3 Å². The van der Waals surface area contributed by atoms with E-state index in [1.54, 1.807) is 76.2 Å². The monoisotopic (exact) mass is 701 g/mol. The van der Waals surface area contributed by atoms with Gasteiger partial charge in [0.15, 0.2) is 23.1 Å². The third-order valence-corrected chi connectivity index (χ3v) is 7.70. The summed E-state index contributed by atoms with van der Waals surface area (Å²) in [5.74, 6) is 0.537. The number of anilines is 1. The molecule has 1 fully saturated rings. The van der Waals surface area contributed by atoms with Gasteiger partial charge in [0.1, 0.15) is 12.8 Å². The number of fused-ring (bicyclic) bond motifs is 1. The SMILES string of the molecule is C#C[C@]1(COC(=O)c2ccc(C)cc2)O[C@@H](n2cnc3c(N(C(=O)OC(C)C)C(=O)OC(C)C)nc(F)nc32)C[C@@H]1OC(=O)c1ccc(C)cc1. The lowest BCUT2D eigenvalue weighted by Crippen LogP contribution is -2.45. The maximum atomic E-state index is 15.1. The van der Waals surface area contributed by atoms with Crippen LogP contribution in [0.4, 0.5) is 19.8 Å². The number of terminal acetylenes is 1. The number of amides is 2. The summed E-state index contributed by atoms with van der Waals surface area (Å²) in [5, 5.41) is 0. The average Bonchev–Trinajstić information content (AvgIpc) is 3.65. The van der Waals surface area contributed by atoms with Gasteiger partial charge in [-0.3, -0.25) is 4.57 Å². The Bertz CT molecular complexity index is 1970. The second-order valence-electron chi connectivity index (χ2n) is 12.4. The van der Waals surface area contributed by atoms with Crippen LogP contribution in [0.5, 0.6) is 0 Å². The quantitative estimate of drug-likeness (QED) is 0.0887. The van der Waals surface area contributed by atoms with Crippen molar-refractivity contribution in [2.24, 2.45) is 0 Å². The van der Waals surface area contributed by atoms with Crippen LogP contribution in [0.2, 0.25) is 0 Å². The molecule has 1 aliphatic rings. The number of imidazole rings is 1. The summed E-state index contributed by atoms with van der Waals surface area (Å²) < 4.78 is 44.7. The Hall–Kier alpha value is -5.88. The van der Waals surface area contributed by atoms with E-state index in [0.717, 1.165) is 11.1 Å². The number of halogens is 1. The van der Waals surface area contributed by atoms with Crippen LogP contribution in [0.15, 0.2) is 54.9 Å². The molecule has 0 radical (unpaired) electrons. The number of rotatable bonds is 9. The van der Waals surface area contributed by atoms with Gasteiger partial charge in [-0.1, -0.05) is 41.3 Å². The van der Waals surface area contributed by atoms with E-state index < -0.39 is 72.8 Å². The molecule has 5 rings (SSSR count). The average molecular weight is 702 g/mol. The van der Waals surface area contributed by atoms with Crippen molar-refractivity contribution in [2.45, 2.75) is 78.1 Å². The Morgan fingerprint density at radius 3 is 2.02 bits per heavy atom. The molecule has 1 aliphatic heterocycles. The Kier molecular flexibility index (Phi) is 10.7. The zero-order valence-electron chi connectivity index (χ0n) is 28.8. The number of carbonyl (C=O) groups is 4.